The van der Waals surface area contributed by atoms with Gasteiger partial charge in [-0.15, -0.1) is 0 Å². The van der Waals surface area contributed by atoms with Crippen molar-refractivity contribution in [1.82, 2.24) is 4.90 Å². The fourth-order valence-corrected chi connectivity index (χ4v) is 4.36. The minimum Gasteiger partial charge on any atom is -0.449 e. The van der Waals surface area contributed by atoms with Gasteiger partial charge in [0.1, 0.15) is 12.2 Å². The van der Waals surface area contributed by atoms with Crippen LogP contribution in [-0.2, 0) is 14.3 Å². The number of nitrogens with zero attached hydrogens (tertiary/aromatic N) is 2. The second-order valence-electron chi connectivity index (χ2n) is 9.10. The topological polar surface area (TPSA) is 108 Å². The van der Waals surface area contributed by atoms with Gasteiger partial charge in [-0.3, -0.25) is 24.6 Å². The third-order valence-corrected chi connectivity index (χ3v) is 5.99. The predicted molar refractivity (Wildman–Crippen MR) is 127 cm³/mol. The zero-order valence-corrected chi connectivity index (χ0v) is 19.5. The number of hydrogen-bond donors (Lipinski definition) is 2. The summed E-state index contributed by atoms with van der Waals surface area (Å²) in [5.74, 6) is -0.555. The van der Waals surface area contributed by atoms with Crippen LogP contribution < -0.4 is 15.5 Å². The number of anilines is 3. The summed E-state index contributed by atoms with van der Waals surface area (Å²) in [6.07, 6.45) is 0.169. The van der Waals surface area contributed by atoms with E-state index in [1.165, 1.54) is 4.90 Å². The van der Waals surface area contributed by atoms with E-state index in [0.29, 0.717) is 42.1 Å². The van der Waals surface area contributed by atoms with Crippen molar-refractivity contribution in [2.24, 2.45) is 5.92 Å². The van der Waals surface area contributed by atoms with Gasteiger partial charge in [0.05, 0.1) is 17.9 Å². The number of rotatable bonds is 6. The Hall–Kier alpha value is -3.88. The molecule has 0 aromatic heterocycles. The zero-order chi connectivity index (χ0) is 24.5. The van der Waals surface area contributed by atoms with Crippen LogP contribution >= 0.6 is 0 Å². The molecule has 9 nitrogen and oxygen atoms in total. The molecule has 34 heavy (non-hydrogen) atoms. The van der Waals surface area contributed by atoms with Crippen molar-refractivity contribution in [1.29, 1.82) is 0 Å². The Bertz CT molecular complexity index is 1150. The Balaban J connectivity index is 1.48. The van der Waals surface area contributed by atoms with E-state index >= 15 is 0 Å². The molecular formula is C25H28N4O5. The van der Waals surface area contributed by atoms with Gasteiger partial charge in [0.15, 0.2) is 0 Å². The average Bonchev–Trinajstić information content (AvgIpc) is 3.11. The van der Waals surface area contributed by atoms with Crippen LogP contribution in [-0.4, -0.2) is 47.5 Å². The van der Waals surface area contributed by atoms with E-state index in [1.54, 1.807) is 53.4 Å². The molecular weight excluding hydrogens is 436 g/mol. The van der Waals surface area contributed by atoms with Gasteiger partial charge in [0, 0.05) is 17.8 Å². The predicted octanol–water partition coefficient (Wildman–Crippen LogP) is 3.83. The van der Waals surface area contributed by atoms with E-state index in [4.69, 9.17) is 4.74 Å². The monoisotopic (exact) mass is 464 g/mol. The Kier molecular flexibility index (Phi) is 6.28. The van der Waals surface area contributed by atoms with E-state index in [-0.39, 0.29) is 24.3 Å². The van der Waals surface area contributed by atoms with Crippen LogP contribution in [0, 0.1) is 5.92 Å². The van der Waals surface area contributed by atoms with Crippen LogP contribution in [0.15, 0.2) is 48.5 Å². The summed E-state index contributed by atoms with van der Waals surface area (Å²) < 4.78 is 5.12. The third-order valence-electron chi connectivity index (χ3n) is 5.99. The molecule has 178 valence electrons. The lowest BCUT2D eigenvalue weighted by molar-refractivity contribution is -0.120. The number of nitrogens with one attached hydrogen (secondary N) is 2. The van der Waals surface area contributed by atoms with Gasteiger partial charge in [-0.1, -0.05) is 32.0 Å². The molecule has 0 saturated carbocycles. The second kappa shape index (κ2) is 9.17. The van der Waals surface area contributed by atoms with E-state index in [0.717, 1.165) is 0 Å². The number of fused-ring (bicyclic) bond motifs is 3. The molecule has 0 radical (unpaired) electrons. The molecule has 2 aliphatic heterocycles. The van der Waals surface area contributed by atoms with Gasteiger partial charge >= 0.3 is 6.09 Å². The first-order chi connectivity index (χ1) is 16.2. The highest BCUT2D eigenvalue weighted by atomic mass is 16.5. The van der Waals surface area contributed by atoms with Crippen molar-refractivity contribution in [2.75, 3.05) is 28.7 Å². The van der Waals surface area contributed by atoms with Gasteiger partial charge in [-0.25, -0.2) is 4.79 Å². The normalized spacial score (nSPS) is 19.1. The molecule has 1 unspecified atom stereocenters. The standard InChI is InChI=1S/C25H28N4O5/c1-16(2)15-34-24(33)27-18-8-6-7-17(13-18)26-21(30)14-28-23(32)19-9-4-5-10-20(19)29-22(31)11-12-25(28,29)3/h4-10,13,16H,11-12,14-15H2,1-3H3,(H,26,30)(H,27,33). The van der Waals surface area contributed by atoms with Crippen LogP contribution in [0.3, 0.4) is 0 Å². The van der Waals surface area contributed by atoms with E-state index in [9.17, 15) is 19.2 Å². The number of para-hydroxylation sites is 1. The number of amides is 4. The lowest BCUT2D eigenvalue weighted by Gasteiger charge is -2.48. The maximum absolute atomic E-state index is 13.3. The van der Waals surface area contributed by atoms with Crippen molar-refractivity contribution in [3.05, 3.63) is 54.1 Å². The van der Waals surface area contributed by atoms with E-state index in [1.807, 2.05) is 20.8 Å². The van der Waals surface area contributed by atoms with Crippen molar-refractivity contribution in [3.8, 4) is 0 Å². The SMILES string of the molecule is CC(C)COC(=O)Nc1cccc(NC(=O)CN2C(=O)c3ccccc3N3C(=O)CCC23C)c1. The smallest absolute Gasteiger partial charge is 0.411 e. The van der Waals surface area contributed by atoms with Crippen molar-refractivity contribution in [2.45, 2.75) is 39.3 Å². The first-order valence-electron chi connectivity index (χ1n) is 11.3. The molecule has 2 aliphatic rings. The van der Waals surface area contributed by atoms with Gasteiger partial charge in [0.25, 0.3) is 5.91 Å². The number of benzene rings is 2. The zero-order valence-electron chi connectivity index (χ0n) is 19.5. The molecule has 1 atom stereocenters. The largest absolute Gasteiger partial charge is 0.449 e. The second-order valence-corrected chi connectivity index (χ2v) is 9.10. The average molecular weight is 465 g/mol. The molecule has 0 spiro atoms. The molecule has 9 heteroatoms. The number of hydrogen-bond acceptors (Lipinski definition) is 5. The summed E-state index contributed by atoms with van der Waals surface area (Å²) in [5, 5.41) is 5.41. The number of carbonyl (C=O) groups is 4. The first-order valence-corrected chi connectivity index (χ1v) is 11.3. The molecule has 2 aromatic rings. The van der Waals surface area contributed by atoms with Crippen LogP contribution in [0.2, 0.25) is 0 Å². The minimum absolute atomic E-state index is 0.0732. The molecule has 1 saturated heterocycles. The van der Waals surface area contributed by atoms with Crippen LogP contribution in [0.4, 0.5) is 21.9 Å². The van der Waals surface area contributed by atoms with Crippen LogP contribution in [0.25, 0.3) is 0 Å². The van der Waals surface area contributed by atoms with Crippen LogP contribution in [0.1, 0.15) is 44.0 Å². The van der Waals surface area contributed by atoms with Gasteiger partial charge in [-0.05, 0) is 49.6 Å². The van der Waals surface area contributed by atoms with Gasteiger partial charge in [0.2, 0.25) is 11.8 Å². The first kappa shape index (κ1) is 23.3. The summed E-state index contributed by atoms with van der Waals surface area (Å²) in [4.78, 5) is 53.9. The van der Waals surface area contributed by atoms with Crippen LogP contribution in [0.5, 0.6) is 0 Å². The summed E-state index contributed by atoms with van der Waals surface area (Å²) in [5.41, 5.74) is 0.991. The Morgan fingerprint density at radius 3 is 2.50 bits per heavy atom. The summed E-state index contributed by atoms with van der Waals surface area (Å²) in [6.45, 7) is 5.77. The summed E-state index contributed by atoms with van der Waals surface area (Å²) in [7, 11) is 0. The van der Waals surface area contributed by atoms with Crippen molar-refractivity contribution in [3.63, 3.8) is 0 Å². The van der Waals surface area contributed by atoms with Crippen molar-refractivity contribution >= 4 is 40.9 Å². The maximum Gasteiger partial charge on any atom is 0.411 e. The molecule has 4 amide bonds. The van der Waals surface area contributed by atoms with E-state index < -0.39 is 17.7 Å². The molecule has 2 N–H and O–H groups in total. The minimum atomic E-state index is -0.913. The molecule has 2 heterocycles. The van der Waals surface area contributed by atoms with E-state index in [2.05, 4.69) is 10.6 Å². The van der Waals surface area contributed by atoms with Gasteiger partial charge < -0.3 is 15.0 Å². The molecule has 0 bridgehead atoms. The highest BCUT2D eigenvalue weighted by Crippen LogP contribution is 2.43. The number of carbonyl (C=O) groups excluding carboxylic acids is 4. The molecule has 2 aromatic carbocycles. The molecule has 4 rings (SSSR count). The number of ether oxygens (including phenoxy) is 1. The lowest BCUT2D eigenvalue weighted by Crippen LogP contribution is -2.63. The molecule has 0 aliphatic carbocycles. The summed E-state index contributed by atoms with van der Waals surface area (Å²) >= 11 is 0. The summed E-state index contributed by atoms with van der Waals surface area (Å²) in [6, 6.07) is 13.6. The highest BCUT2D eigenvalue weighted by molar-refractivity contribution is 6.11. The third kappa shape index (κ3) is 4.46. The molecule has 1 fully saturated rings. The Morgan fingerprint density at radius 1 is 1.06 bits per heavy atom. The quantitative estimate of drug-likeness (QED) is 0.676. The Morgan fingerprint density at radius 2 is 1.76 bits per heavy atom. The van der Waals surface area contributed by atoms with Gasteiger partial charge in [-0.2, -0.15) is 0 Å². The maximum atomic E-state index is 13.3. The fourth-order valence-electron chi connectivity index (χ4n) is 4.36. The fraction of sp³-hybridized carbons (Fsp3) is 0.360. The highest BCUT2D eigenvalue weighted by Gasteiger charge is 2.53. The lowest BCUT2D eigenvalue weighted by atomic mass is 9.98. The Labute approximate surface area is 198 Å². The van der Waals surface area contributed by atoms with Crippen molar-refractivity contribution < 1.29 is 23.9 Å².